The van der Waals surface area contributed by atoms with Crippen molar-refractivity contribution in [3.63, 3.8) is 0 Å². The number of alkyl halides is 3. The first kappa shape index (κ1) is 24.8. The number of hydrogen-bond donors (Lipinski definition) is 2. The van der Waals surface area contributed by atoms with Crippen LogP contribution in [0.3, 0.4) is 0 Å². The Bertz CT molecular complexity index is 680. The van der Waals surface area contributed by atoms with E-state index in [1.54, 1.807) is 0 Å². The van der Waals surface area contributed by atoms with Crippen molar-refractivity contribution in [1.29, 1.82) is 0 Å². The second-order valence-corrected chi connectivity index (χ2v) is 12.8. The highest BCUT2D eigenvalue weighted by Crippen LogP contribution is 2.69. The summed E-state index contributed by atoms with van der Waals surface area (Å²) in [5.74, 6) is 3.48. The maximum atomic E-state index is 12.8. The number of halogens is 3. The molecule has 32 heavy (non-hydrogen) atoms. The van der Waals surface area contributed by atoms with Gasteiger partial charge in [-0.15, -0.1) is 0 Å². The van der Waals surface area contributed by atoms with Gasteiger partial charge in [-0.25, -0.2) is 0 Å². The summed E-state index contributed by atoms with van der Waals surface area (Å²) in [5.41, 5.74) is 0.104. The maximum Gasteiger partial charge on any atom is 0.414 e. The summed E-state index contributed by atoms with van der Waals surface area (Å²) in [7, 11) is 0. The number of aliphatic hydroxyl groups is 2. The zero-order valence-electron chi connectivity index (χ0n) is 20.6. The fourth-order valence-electron chi connectivity index (χ4n) is 9.40. The zero-order chi connectivity index (χ0) is 23.5. The van der Waals surface area contributed by atoms with Gasteiger partial charge in [-0.2, -0.15) is 13.2 Å². The molecular weight excluding hydrogens is 413 g/mol. The Morgan fingerprint density at radius 3 is 2.25 bits per heavy atom. The monoisotopic (exact) mass is 458 g/mol. The SMILES string of the molecule is CC[C@]1(O)CC[C@@]2(C)C(CC[C@@H]3C2CC[C@@]2(C)C3CC[C@@H]2[C@H](C)CC[C@@H](O)C(F)(F)F)C1. The second kappa shape index (κ2) is 8.43. The highest BCUT2D eigenvalue weighted by molar-refractivity contribution is 5.10. The van der Waals surface area contributed by atoms with Crippen LogP contribution in [-0.4, -0.2) is 28.1 Å². The molecule has 0 heterocycles. The normalized spacial score (nSPS) is 48.5. The molecule has 186 valence electrons. The Balaban J connectivity index is 1.45. The van der Waals surface area contributed by atoms with Gasteiger partial charge in [-0.1, -0.05) is 27.7 Å². The summed E-state index contributed by atoms with van der Waals surface area (Å²) in [6.45, 7) is 9.19. The molecule has 0 aromatic carbocycles. The number of fused-ring (bicyclic) bond motifs is 5. The number of rotatable bonds is 5. The first-order valence-corrected chi connectivity index (χ1v) is 13.3. The first-order chi connectivity index (χ1) is 14.8. The van der Waals surface area contributed by atoms with Crippen LogP contribution >= 0.6 is 0 Å². The molecule has 4 aliphatic rings. The van der Waals surface area contributed by atoms with Crippen LogP contribution in [0.1, 0.15) is 105 Å². The predicted octanol–water partition coefficient (Wildman–Crippen LogP) is 7.13. The Morgan fingerprint density at radius 2 is 1.59 bits per heavy atom. The molecule has 0 aromatic rings. The molecular formula is C27H45F3O2. The van der Waals surface area contributed by atoms with Crippen molar-refractivity contribution in [2.75, 3.05) is 0 Å². The molecule has 0 spiro atoms. The summed E-state index contributed by atoms with van der Waals surface area (Å²) in [6, 6.07) is 0. The molecule has 4 saturated carbocycles. The van der Waals surface area contributed by atoms with Gasteiger partial charge in [0.15, 0.2) is 0 Å². The van der Waals surface area contributed by atoms with Crippen molar-refractivity contribution < 1.29 is 23.4 Å². The van der Waals surface area contributed by atoms with E-state index in [2.05, 4.69) is 27.7 Å². The Morgan fingerprint density at radius 1 is 0.906 bits per heavy atom. The molecule has 0 aliphatic heterocycles. The molecule has 0 bridgehead atoms. The number of aliphatic hydroxyl groups excluding tert-OH is 1. The summed E-state index contributed by atoms with van der Waals surface area (Å²) < 4.78 is 38.3. The van der Waals surface area contributed by atoms with Gasteiger partial charge in [0.25, 0.3) is 0 Å². The van der Waals surface area contributed by atoms with Gasteiger partial charge < -0.3 is 10.2 Å². The largest absolute Gasteiger partial charge is 0.414 e. The van der Waals surface area contributed by atoms with Gasteiger partial charge in [-0.3, -0.25) is 0 Å². The van der Waals surface area contributed by atoms with Crippen molar-refractivity contribution >= 4 is 0 Å². The molecule has 3 unspecified atom stereocenters. The van der Waals surface area contributed by atoms with E-state index in [1.807, 2.05) is 0 Å². The van der Waals surface area contributed by atoms with Crippen molar-refractivity contribution in [3.8, 4) is 0 Å². The highest BCUT2D eigenvalue weighted by atomic mass is 19.4. The van der Waals surface area contributed by atoms with Gasteiger partial charge in [0.1, 0.15) is 6.10 Å². The highest BCUT2D eigenvalue weighted by Gasteiger charge is 2.61. The fourth-order valence-corrected chi connectivity index (χ4v) is 9.40. The van der Waals surface area contributed by atoms with Crippen molar-refractivity contribution in [2.24, 2.45) is 46.3 Å². The molecule has 2 nitrogen and oxygen atoms in total. The molecule has 0 saturated heterocycles. The van der Waals surface area contributed by atoms with E-state index < -0.39 is 17.9 Å². The maximum absolute atomic E-state index is 12.8. The average molecular weight is 459 g/mol. The minimum atomic E-state index is -4.50. The topological polar surface area (TPSA) is 40.5 Å². The standard InChI is InChI=1S/C27H45F3O2/c1-5-26(32)15-14-24(3)18(16-26)7-8-19-21-10-9-20(25(21,4)13-12-22(19)24)17(2)6-11-23(31)27(28,29)30/h17-23,31-32H,5-16H2,1-4H3/t17-,18?,19+,20-,21?,22?,23-,24+,25-,26+/m1/s1. The van der Waals surface area contributed by atoms with Crippen molar-refractivity contribution in [3.05, 3.63) is 0 Å². The van der Waals surface area contributed by atoms with Gasteiger partial charge in [0, 0.05) is 0 Å². The molecule has 4 rings (SSSR count). The van der Waals surface area contributed by atoms with Crippen LogP contribution in [0.2, 0.25) is 0 Å². The smallest absolute Gasteiger partial charge is 0.390 e. The van der Waals surface area contributed by atoms with E-state index >= 15 is 0 Å². The summed E-state index contributed by atoms with van der Waals surface area (Å²) in [6.07, 6.45) is 4.76. The van der Waals surface area contributed by atoms with Crippen LogP contribution in [0, 0.1) is 46.3 Å². The van der Waals surface area contributed by atoms with E-state index in [0.29, 0.717) is 29.6 Å². The van der Waals surface area contributed by atoms with Crippen molar-refractivity contribution in [2.45, 2.75) is 123 Å². The van der Waals surface area contributed by atoms with E-state index in [-0.39, 0.29) is 17.8 Å². The lowest BCUT2D eigenvalue weighted by atomic mass is 9.43. The third-order valence-electron chi connectivity index (χ3n) is 11.5. The lowest BCUT2D eigenvalue weighted by Gasteiger charge is -2.62. The number of hydrogen-bond acceptors (Lipinski definition) is 2. The third kappa shape index (κ3) is 4.06. The van der Waals surface area contributed by atoms with E-state index in [1.165, 1.54) is 32.1 Å². The fraction of sp³-hybridized carbons (Fsp3) is 1.00. The van der Waals surface area contributed by atoms with E-state index in [9.17, 15) is 23.4 Å². The quantitative estimate of drug-likeness (QED) is 0.460. The predicted molar refractivity (Wildman–Crippen MR) is 121 cm³/mol. The van der Waals surface area contributed by atoms with Crippen LogP contribution in [0.4, 0.5) is 13.2 Å². The average Bonchev–Trinajstić information content (AvgIpc) is 3.09. The zero-order valence-corrected chi connectivity index (χ0v) is 20.6. The van der Waals surface area contributed by atoms with Gasteiger partial charge in [0.05, 0.1) is 5.60 Å². The minimum Gasteiger partial charge on any atom is -0.390 e. The van der Waals surface area contributed by atoms with Crippen molar-refractivity contribution in [1.82, 2.24) is 0 Å². The van der Waals surface area contributed by atoms with Gasteiger partial charge in [-0.05, 0) is 123 Å². The molecule has 0 amide bonds. The molecule has 4 aliphatic carbocycles. The Hall–Kier alpha value is -0.290. The van der Waals surface area contributed by atoms with Crippen LogP contribution in [0.5, 0.6) is 0 Å². The lowest BCUT2D eigenvalue weighted by Crippen LogP contribution is -2.56. The Labute approximate surface area is 192 Å². The summed E-state index contributed by atoms with van der Waals surface area (Å²) >= 11 is 0. The van der Waals surface area contributed by atoms with Crippen LogP contribution < -0.4 is 0 Å². The van der Waals surface area contributed by atoms with Gasteiger partial charge in [0.2, 0.25) is 0 Å². The van der Waals surface area contributed by atoms with Crippen LogP contribution in [0.25, 0.3) is 0 Å². The summed E-state index contributed by atoms with van der Waals surface area (Å²) in [5, 5.41) is 20.4. The molecule has 5 heteroatoms. The third-order valence-corrected chi connectivity index (χ3v) is 11.5. The van der Waals surface area contributed by atoms with E-state index in [4.69, 9.17) is 0 Å². The molecule has 0 aromatic heterocycles. The minimum absolute atomic E-state index is 0.173. The Kier molecular flexibility index (Phi) is 6.54. The molecule has 2 N–H and O–H groups in total. The van der Waals surface area contributed by atoms with Gasteiger partial charge >= 0.3 is 6.18 Å². The van der Waals surface area contributed by atoms with Crippen LogP contribution in [-0.2, 0) is 0 Å². The molecule has 10 atom stereocenters. The van der Waals surface area contributed by atoms with E-state index in [0.717, 1.165) is 43.9 Å². The first-order valence-electron chi connectivity index (χ1n) is 13.3. The van der Waals surface area contributed by atoms with Crippen LogP contribution in [0.15, 0.2) is 0 Å². The second-order valence-electron chi connectivity index (χ2n) is 12.8. The molecule has 0 radical (unpaired) electrons. The lowest BCUT2D eigenvalue weighted by molar-refractivity contribution is -0.206. The molecule has 4 fully saturated rings. The summed E-state index contributed by atoms with van der Waals surface area (Å²) in [4.78, 5) is 0.